The lowest BCUT2D eigenvalue weighted by Crippen LogP contribution is -2.09. The Kier molecular flexibility index (Phi) is 2.20. The number of rotatable bonds is 1. The van der Waals surface area contributed by atoms with E-state index >= 15 is 0 Å². The van der Waals surface area contributed by atoms with Crippen LogP contribution in [0.3, 0.4) is 0 Å². The second kappa shape index (κ2) is 4.03. The van der Waals surface area contributed by atoms with Gasteiger partial charge in [0, 0.05) is 24.0 Å². The fraction of sp³-hybridized carbons (Fsp3) is 0. The molecule has 0 saturated heterocycles. The van der Waals surface area contributed by atoms with Crippen LogP contribution in [0, 0.1) is 0 Å². The molecule has 1 N–H and O–H groups in total. The summed E-state index contributed by atoms with van der Waals surface area (Å²) in [5.74, 6) is 0. The first-order valence-electron chi connectivity index (χ1n) is 6.24. The lowest BCUT2D eigenvalue weighted by Gasteiger charge is -1.99. The van der Waals surface area contributed by atoms with Crippen LogP contribution in [0.4, 0.5) is 0 Å². The van der Waals surface area contributed by atoms with E-state index in [-0.39, 0.29) is 5.56 Å². The maximum Gasteiger partial charge on any atom is 0.259 e. The number of fused-ring (bicyclic) bond motifs is 3. The molecule has 96 valence electrons. The van der Waals surface area contributed by atoms with Gasteiger partial charge in [0.15, 0.2) is 0 Å². The molecule has 0 amide bonds. The highest BCUT2D eigenvalue weighted by Gasteiger charge is 2.09. The number of nitrogens with one attached hydrogen (secondary N) is 1. The van der Waals surface area contributed by atoms with Gasteiger partial charge < -0.3 is 4.98 Å². The van der Waals surface area contributed by atoms with Crippen molar-refractivity contribution in [2.24, 2.45) is 0 Å². The number of para-hydroxylation sites is 1. The topological polar surface area (TPSA) is 63.0 Å². The first-order chi connectivity index (χ1) is 9.83. The minimum atomic E-state index is -0.106. The Morgan fingerprint density at radius 2 is 2.00 bits per heavy atom. The third-order valence-corrected chi connectivity index (χ3v) is 3.29. The Labute approximate surface area is 113 Å². The second-order valence-corrected chi connectivity index (χ2v) is 4.54. The van der Waals surface area contributed by atoms with Gasteiger partial charge in [-0.1, -0.05) is 12.1 Å². The van der Waals surface area contributed by atoms with E-state index < -0.39 is 0 Å². The average molecular weight is 262 g/mol. The highest BCUT2D eigenvalue weighted by Crippen LogP contribution is 2.19. The van der Waals surface area contributed by atoms with Crippen LogP contribution in [-0.4, -0.2) is 19.6 Å². The molecular formula is C15H10N4O. The Morgan fingerprint density at radius 3 is 2.85 bits per heavy atom. The van der Waals surface area contributed by atoms with Crippen LogP contribution < -0.4 is 5.56 Å². The summed E-state index contributed by atoms with van der Waals surface area (Å²) in [4.78, 5) is 19.0. The normalized spacial score (nSPS) is 11.2. The number of hydrogen-bond acceptors (Lipinski definition) is 3. The highest BCUT2D eigenvalue weighted by molar-refractivity contribution is 5.81. The average Bonchev–Trinajstić information content (AvgIpc) is 2.93. The summed E-state index contributed by atoms with van der Waals surface area (Å²) in [5.41, 5.74) is 3.06. The number of nitrogens with zero attached hydrogens (tertiary/aromatic N) is 3. The van der Waals surface area contributed by atoms with Crippen molar-refractivity contribution in [2.45, 2.75) is 0 Å². The molecule has 0 unspecified atom stereocenters. The Bertz CT molecular complexity index is 969. The van der Waals surface area contributed by atoms with Gasteiger partial charge in [0.1, 0.15) is 5.65 Å². The van der Waals surface area contributed by atoms with Crippen molar-refractivity contribution < 1.29 is 0 Å². The molecule has 0 fully saturated rings. The SMILES string of the molecule is O=c1[nH]c2cc(-c3cccnc3)nn2c2ccccc12. The van der Waals surface area contributed by atoms with E-state index in [1.165, 1.54) is 0 Å². The van der Waals surface area contributed by atoms with Crippen molar-refractivity contribution >= 4 is 16.6 Å². The minimum Gasteiger partial charge on any atom is -0.306 e. The monoisotopic (exact) mass is 262 g/mol. The van der Waals surface area contributed by atoms with Gasteiger partial charge in [0.2, 0.25) is 0 Å². The lowest BCUT2D eigenvalue weighted by atomic mass is 10.2. The molecule has 1 aromatic carbocycles. The molecular weight excluding hydrogens is 252 g/mol. The molecule has 3 aromatic heterocycles. The molecule has 0 aliphatic heterocycles. The van der Waals surface area contributed by atoms with Crippen molar-refractivity contribution in [3.63, 3.8) is 0 Å². The Hall–Kier alpha value is -2.95. The minimum absolute atomic E-state index is 0.106. The van der Waals surface area contributed by atoms with Gasteiger partial charge in [0.25, 0.3) is 5.56 Å². The van der Waals surface area contributed by atoms with Gasteiger partial charge in [0.05, 0.1) is 16.6 Å². The van der Waals surface area contributed by atoms with E-state index in [0.717, 1.165) is 16.8 Å². The van der Waals surface area contributed by atoms with Gasteiger partial charge in [-0.05, 0) is 24.3 Å². The van der Waals surface area contributed by atoms with Crippen molar-refractivity contribution in [2.75, 3.05) is 0 Å². The van der Waals surface area contributed by atoms with E-state index in [4.69, 9.17) is 0 Å². The molecule has 0 aliphatic carbocycles. The van der Waals surface area contributed by atoms with Gasteiger partial charge in [-0.15, -0.1) is 0 Å². The molecule has 4 aromatic rings. The predicted molar refractivity (Wildman–Crippen MR) is 76.5 cm³/mol. The van der Waals surface area contributed by atoms with E-state index in [9.17, 15) is 4.79 Å². The summed E-state index contributed by atoms with van der Waals surface area (Å²) in [6.45, 7) is 0. The number of hydrogen-bond donors (Lipinski definition) is 1. The van der Waals surface area contributed by atoms with Crippen LogP contribution >= 0.6 is 0 Å². The number of aromatic amines is 1. The summed E-state index contributed by atoms with van der Waals surface area (Å²) >= 11 is 0. The zero-order chi connectivity index (χ0) is 13.5. The molecule has 3 heterocycles. The van der Waals surface area contributed by atoms with Gasteiger partial charge in [-0.25, -0.2) is 4.52 Å². The summed E-state index contributed by atoms with van der Waals surface area (Å²) < 4.78 is 1.75. The smallest absolute Gasteiger partial charge is 0.259 e. The molecule has 20 heavy (non-hydrogen) atoms. The summed E-state index contributed by atoms with van der Waals surface area (Å²) in [6, 6.07) is 13.1. The van der Waals surface area contributed by atoms with E-state index in [0.29, 0.717) is 11.0 Å². The predicted octanol–water partition coefficient (Wildman–Crippen LogP) is 2.24. The third-order valence-electron chi connectivity index (χ3n) is 3.29. The van der Waals surface area contributed by atoms with E-state index in [1.54, 1.807) is 23.0 Å². The van der Waals surface area contributed by atoms with Gasteiger partial charge in [-0.3, -0.25) is 9.78 Å². The van der Waals surface area contributed by atoms with E-state index in [1.807, 2.05) is 36.4 Å². The fourth-order valence-electron chi connectivity index (χ4n) is 2.34. The van der Waals surface area contributed by atoms with Crippen molar-refractivity contribution in [1.82, 2.24) is 19.6 Å². The largest absolute Gasteiger partial charge is 0.306 e. The molecule has 4 rings (SSSR count). The van der Waals surface area contributed by atoms with Crippen LogP contribution in [0.1, 0.15) is 0 Å². The fourth-order valence-corrected chi connectivity index (χ4v) is 2.34. The van der Waals surface area contributed by atoms with Crippen LogP contribution in [0.15, 0.2) is 59.7 Å². The summed E-state index contributed by atoms with van der Waals surface area (Å²) in [7, 11) is 0. The maximum atomic E-state index is 12.0. The zero-order valence-corrected chi connectivity index (χ0v) is 10.4. The number of benzene rings is 1. The van der Waals surface area contributed by atoms with E-state index in [2.05, 4.69) is 15.1 Å². The molecule has 0 saturated carbocycles. The van der Waals surface area contributed by atoms with Crippen LogP contribution in [0.25, 0.3) is 27.8 Å². The zero-order valence-electron chi connectivity index (χ0n) is 10.4. The Morgan fingerprint density at radius 1 is 1.10 bits per heavy atom. The molecule has 0 bridgehead atoms. The molecule has 0 aliphatic rings. The molecule has 5 nitrogen and oxygen atoms in total. The maximum absolute atomic E-state index is 12.0. The molecule has 0 radical (unpaired) electrons. The first kappa shape index (κ1) is 10.9. The number of pyridine rings is 1. The lowest BCUT2D eigenvalue weighted by molar-refractivity contribution is 0.980. The van der Waals surface area contributed by atoms with Crippen LogP contribution in [0.2, 0.25) is 0 Å². The quantitative estimate of drug-likeness (QED) is 0.572. The van der Waals surface area contributed by atoms with Crippen LogP contribution in [0.5, 0.6) is 0 Å². The molecule has 5 heteroatoms. The summed E-state index contributed by atoms with van der Waals surface area (Å²) in [6.07, 6.45) is 3.47. The Balaban J connectivity index is 2.10. The number of H-pyrrole nitrogens is 1. The van der Waals surface area contributed by atoms with Crippen molar-refractivity contribution in [3.8, 4) is 11.3 Å². The summed E-state index contributed by atoms with van der Waals surface area (Å²) in [5, 5.41) is 5.18. The number of aromatic nitrogens is 4. The van der Waals surface area contributed by atoms with Crippen molar-refractivity contribution in [3.05, 3.63) is 65.2 Å². The van der Waals surface area contributed by atoms with Gasteiger partial charge in [-0.2, -0.15) is 5.10 Å². The van der Waals surface area contributed by atoms with Crippen LogP contribution in [-0.2, 0) is 0 Å². The third kappa shape index (κ3) is 1.53. The highest BCUT2D eigenvalue weighted by atomic mass is 16.1. The van der Waals surface area contributed by atoms with Gasteiger partial charge >= 0.3 is 0 Å². The first-order valence-corrected chi connectivity index (χ1v) is 6.24. The molecule has 0 atom stereocenters. The standard InChI is InChI=1S/C15H10N4O/c20-15-11-5-1-2-6-13(11)19-14(17-15)8-12(18-19)10-4-3-7-16-9-10/h1-9H,(H,17,20). The van der Waals surface area contributed by atoms with Crippen molar-refractivity contribution in [1.29, 1.82) is 0 Å². The molecule has 0 spiro atoms. The second-order valence-electron chi connectivity index (χ2n) is 4.54.